The molecule has 1 N–H and O–H groups in total. The van der Waals surface area contributed by atoms with Crippen LogP contribution in [0.4, 0.5) is 5.69 Å². The maximum absolute atomic E-state index is 13.5. The van der Waals surface area contributed by atoms with E-state index in [2.05, 4.69) is 5.32 Å². The molecule has 0 aromatic heterocycles. The van der Waals surface area contributed by atoms with Crippen LogP contribution in [0, 0.1) is 6.92 Å². The minimum Gasteiger partial charge on any atom is -0.454 e. The van der Waals surface area contributed by atoms with E-state index < -0.39 is 16.1 Å². The maximum Gasteiger partial charge on any atom is 0.243 e. The molecule has 0 bridgehead atoms. The van der Waals surface area contributed by atoms with Gasteiger partial charge in [0, 0.05) is 31.6 Å². The fourth-order valence-corrected chi connectivity index (χ4v) is 5.25. The normalized spacial score (nSPS) is 14.0. The first-order valence-corrected chi connectivity index (χ1v) is 14.9. The zero-order valence-corrected chi connectivity index (χ0v) is 23.7. The molecule has 1 aliphatic rings. The molecule has 38 heavy (non-hydrogen) atoms. The minimum atomic E-state index is -3.61. The second-order valence-corrected chi connectivity index (χ2v) is 11.6. The standard InChI is InChI=1S/C28H39N3O6S/c1-6-21(4)29-28(33)24(7-2)30(18-22-12-10-20(3)11-13-22)27(32)9-8-16-31(38(5,34)35)23-14-15-25-26(17-23)37-19-36-25/h10-15,17,21,24H,6-9,16,18-19H2,1-5H3,(H,29,33)/t21-,24+/m1/s1. The molecule has 3 rings (SSSR count). The molecular formula is C28H39N3O6S. The number of hydrogen-bond acceptors (Lipinski definition) is 6. The second kappa shape index (κ2) is 13.0. The summed E-state index contributed by atoms with van der Waals surface area (Å²) in [5.74, 6) is 0.663. The van der Waals surface area contributed by atoms with Gasteiger partial charge in [-0.25, -0.2) is 8.42 Å². The number of amides is 2. The Labute approximate surface area is 226 Å². The maximum atomic E-state index is 13.5. The number of carbonyl (C=O) groups is 2. The summed E-state index contributed by atoms with van der Waals surface area (Å²) >= 11 is 0. The third kappa shape index (κ3) is 7.63. The van der Waals surface area contributed by atoms with Crippen molar-refractivity contribution in [2.75, 3.05) is 23.9 Å². The lowest BCUT2D eigenvalue weighted by atomic mass is 10.1. The molecule has 2 aromatic rings. The molecule has 9 nitrogen and oxygen atoms in total. The van der Waals surface area contributed by atoms with Crippen molar-refractivity contribution in [3.63, 3.8) is 0 Å². The van der Waals surface area contributed by atoms with Crippen LogP contribution in [0.25, 0.3) is 0 Å². The van der Waals surface area contributed by atoms with Crippen molar-refractivity contribution in [2.45, 2.75) is 72.0 Å². The lowest BCUT2D eigenvalue weighted by Gasteiger charge is -2.32. The van der Waals surface area contributed by atoms with Crippen LogP contribution in [-0.2, 0) is 26.2 Å². The average molecular weight is 546 g/mol. The fourth-order valence-electron chi connectivity index (χ4n) is 4.30. The summed E-state index contributed by atoms with van der Waals surface area (Å²) in [7, 11) is -3.61. The molecule has 0 fully saturated rings. The Morgan fingerprint density at radius 2 is 1.71 bits per heavy atom. The molecule has 0 saturated heterocycles. The highest BCUT2D eigenvalue weighted by Gasteiger charge is 2.29. The van der Waals surface area contributed by atoms with Gasteiger partial charge in [-0.1, -0.05) is 43.7 Å². The van der Waals surface area contributed by atoms with Gasteiger partial charge in [-0.2, -0.15) is 0 Å². The lowest BCUT2D eigenvalue weighted by Crippen LogP contribution is -2.50. The summed E-state index contributed by atoms with van der Waals surface area (Å²) in [6.45, 7) is 8.31. The van der Waals surface area contributed by atoms with Gasteiger partial charge in [-0.05, 0) is 50.8 Å². The number of hydrogen-bond donors (Lipinski definition) is 1. The van der Waals surface area contributed by atoms with Gasteiger partial charge < -0.3 is 19.7 Å². The number of carbonyl (C=O) groups excluding carboxylic acids is 2. The molecule has 1 heterocycles. The number of aryl methyl sites for hydroxylation is 1. The van der Waals surface area contributed by atoms with Crippen molar-refractivity contribution in [1.82, 2.24) is 10.2 Å². The van der Waals surface area contributed by atoms with Crippen molar-refractivity contribution in [2.24, 2.45) is 0 Å². The van der Waals surface area contributed by atoms with Gasteiger partial charge in [-0.3, -0.25) is 13.9 Å². The molecule has 0 radical (unpaired) electrons. The fraction of sp³-hybridized carbons (Fsp3) is 0.500. The van der Waals surface area contributed by atoms with E-state index in [4.69, 9.17) is 9.47 Å². The number of ether oxygens (including phenoxy) is 2. The van der Waals surface area contributed by atoms with Crippen molar-refractivity contribution < 1.29 is 27.5 Å². The van der Waals surface area contributed by atoms with Crippen molar-refractivity contribution in [1.29, 1.82) is 0 Å². The summed E-state index contributed by atoms with van der Waals surface area (Å²) in [5, 5.41) is 3.00. The van der Waals surface area contributed by atoms with E-state index in [1.54, 1.807) is 23.1 Å². The van der Waals surface area contributed by atoms with Crippen molar-refractivity contribution >= 4 is 27.5 Å². The van der Waals surface area contributed by atoms with Crippen LogP contribution in [0.2, 0.25) is 0 Å². The van der Waals surface area contributed by atoms with Crippen molar-refractivity contribution in [3.05, 3.63) is 53.6 Å². The summed E-state index contributed by atoms with van der Waals surface area (Å²) in [5.41, 5.74) is 2.48. The van der Waals surface area contributed by atoms with Gasteiger partial charge in [-0.15, -0.1) is 0 Å². The van der Waals surface area contributed by atoms with Crippen LogP contribution in [-0.4, -0.2) is 56.8 Å². The number of nitrogens with one attached hydrogen (secondary N) is 1. The highest BCUT2D eigenvalue weighted by Crippen LogP contribution is 2.36. The van der Waals surface area contributed by atoms with E-state index in [-0.39, 0.29) is 44.0 Å². The number of sulfonamides is 1. The lowest BCUT2D eigenvalue weighted by molar-refractivity contribution is -0.141. The van der Waals surface area contributed by atoms with Gasteiger partial charge in [0.25, 0.3) is 0 Å². The first-order chi connectivity index (χ1) is 18.0. The third-order valence-electron chi connectivity index (χ3n) is 6.66. The molecule has 0 aliphatic carbocycles. The van der Waals surface area contributed by atoms with Crippen LogP contribution in [0.3, 0.4) is 0 Å². The van der Waals surface area contributed by atoms with Gasteiger partial charge in [0.1, 0.15) is 6.04 Å². The van der Waals surface area contributed by atoms with Gasteiger partial charge in [0.15, 0.2) is 11.5 Å². The van der Waals surface area contributed by atoms with Crippen LogP contribution in [0.5, 0.6) is 11.5 Å². The molecule has 2 atom stereocenters. The van der Waals surface area contributed by atoms with E-state index in [0.717, 1.165) is 23.8 Å². The molecule has 0 unspecified atom stereocenters. The van der Waals surface area contributed by atoms with E-state index in [9.17, 15) is 18.0 Å². The Balaban J connectivity index is 1.76. The largest absolute Gasteiger partial charge is 0.454 e. The quantitative estimate of drug-likeness (QED) is 0.408. The Kier molecular flexibility index (Phi) is 10.0. The molecule has 2 aromatic carbocycles. The molecule has 2 amide bonds. The molecule has 208 valence electrons. The predicted octanol–water partition coefficient (Wildman–Crippen LogP) is 3.99. The Bertz CT molecular complexity index is 1220. The second-order valence-electron chi connectivity index (χ2n) is 9.73. The zero-order chi connectivity index (χ0) is 27.9. The summed E-state index contributed by atoms with van der Waals surface area (Å²) in [4.78, 5) is 28.3. The summed E-state index contributed by atoms with van der Waals surface area (Å²) in [6, 6.07) is 12.2. The van der Waals surface area contributed by atoms with Gasteiger partial charge >= 0.3 is 0 Å². The smallest absolute Gasteiger partial charge is 0.243 e. The van der Waals surface area contributed by atoms with E-state index in [1.807, 2.05) is 52.0 Å². The zero-order valence-electron chi connectivity index (χ0n) is 22.9. The summed E-state index contributed by atoms with van der Waals surface area (Å²) < 4.78 is 37.2. The van der Waals surface area contributed by atoms with E-state index >= 15 is 0 Å². The SMILES string of the molecule is CC[C@@H](C)NC(=O)[C@H](CC)N(Cc1ccc(C)cc1)C(=O)CCCN(c1ccc2c(c1)OCO2)S(C)(=O)=O. The highest BCUT2D eigenvalue weighted by molar-refractivity contribution is 7.92. The predicted molar refractivity (Wildman–Crippen MR) is 148 cm³/mol. The molecule has 0 spiro atoms. The minimum absolute atomic E-state index is 0.00195. The molecule has 1 aliphatic heterocycles. The van der Waals surface area contributed by atoms with Crippen LogP contribution in [0.1, 0.15) is 57.6 Å². The van der Waals surface area contributed by atoms with Gasteiger partial charge in [0.05, 0.1) is 11.9 Å². The van der Waals surface area contributed by atoms with Gasteiger partial charge in [0.2, 0.25) is 28.6 Å². The number of fused-ring (bicyclic) bond motifs is 1. The Morgan fingerprint density at radius 3 is 2.34 bits per heavy atom. The number of rotatable bonds is 13. The number of benzene rings is 2. The first-order valence-electron chi connectivity index (χ1n) is 13.1. The molecule has 10 heteroatoms. The summed E-state index contributed by atoms with van der Waals surface area (Å²) in [6.07, 6.45) is 2.76. The van der Waals surface area contributed by atoms with Crippen molar-refractivity contribution in [3.8, 4) is 11.5 Å². The van der Waals surface area contributed by atoms with Crippen LogP contribution >= 0.6 is 0 Å². The topological polar surface area (TPSA) is 105 Å². The number of nitrogens with zero attached hydrogens (tertiary/aromatic N) is 2. The van der Waals surface area contributed by atoms with E-state index in [1.165, 1.54) is 4.31 Å². The monoisotopic (exact) mass is 545 g/mol. The first kappa shape index (κ1) is 29.3. The van der Waals surface area contributed by atoms with E-state index in [0.29, 0.717) is 30.2 Å². The van der Waals surface area contributed by atoms with Crippen LogP contribution in [0.15, 0.2) is 42.5 Å². The molecular weight excluding hydrogens is 506 g/mol. The number of anilines is 1. The Hall–Kier alpha value is -3.27. The molecule has 0 saturated carbocycles. The highest BCUT2D eigenvalue weighted by atomic mass is 32.2. The third-order valence-corrected chi connectivity index (χ3v) is 7.85. The Morgan fingerprint density at radius 1 is 1.03 bits per heavy atom. The van der Waals surface area contributed by atoms with Crippen LogP contribution < -0.4 is 19.1 Å². The average Bonchev–Trinajstić information content (AvgIpc) is 3.34.